The first-order valence-electron chi connectivity index (χ1n) is 4.73. The minimum Gasteiger partial charge on any atom is -0.364 e. The number of aromatic nitrogens is 1. The Kier molecular flexibility index (Phi) is 1.84. The fourth-order valence-corrected chi connectivity index (χ4v) is 2.03. The van der Waals surface area contributed by atoms with Crippen LogP contribution in [0.15, 0.2) is 17.1 Å². The van der Waals surface area contributed by atoms with Gasteiger partial charge in [-0.15, -0.1) is 0 Å². The standard InChI is InChI=1S/C11H13NO2/c1-11(2)5-7-10(9(14)6-11)8(13)3-4-12-7/h3-4H,5-6H2,1-2H3,(H,12,13). The number of aromatic amines is 1. The quantitative estimate of drug-likeness (QED) is 0.676. The Morgan fingerprint density at radius 1 is 1.29 bits per heavy atom. The number of rotatable bonds is 0. The van der Waals surface area contributed by atoms with Gasteiger partial charge in [0.25, 0.3) is 0 Å². The molecule has 0 amide bonds. The van der Waals surface area contributed by atoms with E-state index in [-0.39, 0.29) is 16.6 Å². The Balaban J connectivity index is 2.62. The zero-order valence-electron chi connectivity index (χ0n) is 8.39. The molecule has 1 aromatic heterocycles. The summed E-state index contributed by atoms with van der Waals surface area (Å²) in [5.74, 6) is -0.0295. The van der Waals surface area contributed by atoms with E-state index in [0.29, 0.717) is 12.0 Å². The maximum absolute atomic E-state index is 11.7. The first-order valence-corrected chi connectivity index (χ1v) is 4.73. The molecule has 74 valence electrons. The number of carbonyl (C=O) groups is 1. The highest BCUT2D eigenvalue weighted by atomic mass is 16.1. The van der Waals surface area contributed by atoms with E-state index in [1.807, 2.05) is 13.8 Å². The molecule has 3 heteroatoms. The summed E-state index contributed by atoms with van der Waals surface area (Å²) in [6.07, 6.45) is 2.84. The molecule has 0 unspecified atom stereocenters. The molecule has 0 radical (unpaired) electrons. The molecule has 0 saturated carbocycles. The maximum atomic E-state index is 11.7. The van der Waals surface area contributed by atoms with Crippen LogP contribution >= 0.6 is 0 Å². The first kappa shape index (κ1) is 9.19. The van der Waals surface area contributed by atoms with Gasteiger partial charge in [0, 0.05) is 24.4 Å². The number of ketones is 1. The third-order valence-electron chi connectivity index (χ3n) is 2.61. The summed E-state index contributed by atoms with van der Waals surface area (Å²) >= 11 is 0. The molecular weight excluding hydrogens is 178 g/mol. The fraction of sp³-hybridized carbons (Fsp3) is 0.455. The van der Waals surface area contributed by atoms with E-state index in [2.05, 4.69) is 4.98 Å². The summed E-state index contributed by atoms with van der Waals surface area (Å²) in [7, 11) is 0. The van der Waals surface area contributed by atoms with Crippen molar-refractivity contribution in [1.82, 2.24) is 4.98 Å². The molecule has 0 aliphatic heterocycles. The van der Waals surface area contributed by atoms with Gasteiger partial charge in [0.05, 0.1) is 5.56 Å². The number of hydrogen-bond donors (Lipinski definition) is 1. The largest absolute Gasteiger partial charge is 0.364 e. The minimum absolute atomic E-state index is 0.0295. The van der Waals surface area contributed by atoms with Crippen molar-refractivity contribution in [3.05, 3.63) is 33.7 Å². The predicted octanol–water partition coefficient (Wildman–Crippen LogP) is 1.53. The number of carbonyl (C=O) groups excluding carboxylic acids is 1. The molecule has 2 rings (SSSR count). The molecule has 1 aliphatic carbocycles. The van der Waals surface area contributed by atoms with Crippen molar-refractivity contribution in [1.29, 1.82) is 0 Å². The third kappa shape index (κ3) is 1.39. The van der Waals surface area contributed by atoms with Gasteiger partial charge in [0.15, 0.2) is 11.2 Å². The van der Waals surface area contributed by atoms with E-state index >= 15 is 0 Å². The highest BCUT2D eigenvalue weighted by Crippen LogP contribution is 2.31. The Morgan fingerprint density at radius 3 is 2.71 bits per heavy atom. The molecule has 0 spiro atoms. The number of Topliss-reactive ketones (excluding diaryl/α,β-unsaturated/α-hetero) is 1. The van der Waals surface area contributed by atoms with Gasteiger partial charge in [-0.25, -0.2) is 0 Å². The van der Waals surface area contributed by atoms with E-state index in [4.69, 9.17) is 0 Å². The summed E-state index contributed by atoms with van der Waals surface area (Å²) in [4.78, 5) is 26.1. The summed E-state index contributed by atoms with van der Waals surface area (Å²) < 4.78 is 0. The Morgan fingerprint density at radius 2 is 2.00 bits per heavy atom. The Bertz CT molecular complexity index is 443. The molecule has 1 aliphatic rings. The van der Waals surface area contributed by atoms with Gasteiger partial charge in [-0.1, -0.05) is 13.8 Å². The third-order valence-corrected chi connectivity index (χ3v) is 2.61. The SMILES string of the molecule is CC1(C)CC(=O)c2c([nH]ccc2=O)C1. The molecule has 0 aromatic carbocycles. The highest BCUT2D eigenvalue weighted by Gasteiger charge is 2.32. The van der Waals surface area contributed by atoms with Crippen LogP contribution in [0.4, 0.5) is 0 Å². The van der Waals surface area contributed by atoms with E-state index in [1.54, 1.807) is 6.20 Å². The van der Waals surface area contributed by atoms with Crippen LogP contribution in [0.1, 0.15) is 36.3 Å². The lowest BCUT2D eigenvalue weighted by atomic mass is 9.75. The molecule has 0 atom stereocenters. The molecule has 0 saturated heterocycles. The smallest absolute Gasteiger partial charge is 0.192 e. The van der Waals surface area contributed by atoms with Gasteiger partial charge < -0.3 is 4.98 Å². The van der Waals surface area contributed by atoms with Crippen molar-refractivity contribution in [3.8, 4) is 0 Å². The van der Waals surface area contributed by atoms with Crippen LogP contribution in [0.25, 0.3) is 0 Å². The molecule has 1 N–H and O–H groups in total. The maximum Gasteiger partial charge on any atom is 0.192 e. The van der Waals surface area contributed by atoms with E-state index < -0.39 is 0 Å². The van der Waals surface area contributed by atoms with Crippen LogP contribution < -0.4 is 5.43 Å². The predicted molar refractivity (Wildman–Crippen MR) is 53.5 cm³/mol. The lowest BCUT2D eigenvalue weighted by Crippen LogP contribution is -2.32. The Labute approximate surface area is 82.2 Å². The zero-order valence-corrected chi connectivity index (χ0v) is 8.39. The number of H-pyrrole nitrogens is 1. The van der Waals surface area contributed by atoms with Crippen LogP contribution in [0, 0.1) is 5.41 Å². The van der Waals surface area contributed by atoms with Gasteiger partial charge in [0.1, 0.15) is 0 Å². The lowest BCUT2D eigenvalue weighted by molar-refractivity contribution is 0.0909. The molecule has 14 heavy (non-hydrogen) atoms. The van der Waals surface area contributed by atoms with Gasteiger partial charge in [0.2, 0.25) is 0 Å². The second-order valence-corrected chi connectivity index (χ2v) is 4.64. The van der Waals surface area contributed by atoms with Crippen LogP contribution in [-0.4, -0.2) is 10.8 Å². The van der Waals surface area contributed by atoms with Gasteiger partial charge in [-0.2, -0.15) is 0 Å². The second kappa shape index (κ2) is 2.80. The van der Waals surface area contributed by atoms with Gasteiger partial charge in [-0.3, -0.25) is 9.59 Å². The van der Waals surface area contributed by atoms with E-state index in [1.165, 1.54) is 6.07 Å². The summed E-state index contributed by atoms with van der Waals surface area (Å²) in [6, 6.07) is 1.41. The molecule has 1 aromatic rings. The second-order valence-electron chi connectivity index (χ2n) is 4.64. The van der Waals surface area contributed by atoms with Crippen LogP contribution in [0.2, 0.25) is 0 Å². The lowest BCUT2D eigenvalue weighted by Gasteiger charge is -2.29. The molecule has 1 heterocycles. The zero-order chi connectivity index (χ0) is 10.3. The van der Waals surface area contributed by atoms with Crippen LogP contribution in [-0.2, 0) is 6.42 Å². The number of fused-ring (bicyclic) bond motifs is 1. The normalized spacial score (nSPS) is 19.1. The van der Waals surface area contributed by atoms with Crippen LogP contribution in [0.5, 0.6) is 0 Å². The summed E-state index contributed by atoms with van der Waals surface area (Å²) in [6.45, 7) is 4.08. The summed E-state index contributed by atoms with van der Waals surface area (Å²) in [5.41, 5.74) is 0.971. The van der Waals surface area contributed by atoms with Crippen molar-refractivity contribution in [2.75, 3.05) is 0 Å². The van der Waals surface area contributed by atoms with Crippen molar-refractivity contribution in [2.24, 2.45) is 5.41 Å². The Hall–Kier alpha value is -1.38. The van der Waals surface area contributed by atoms with Crippen molar-refractivity contribution in [3.63, 3.8) is 0 Å². The topological polar surface area (TPSA) is 49.9 Å². The molecule has 0 fully saturated rings. The van der Waals surface area contributed by atoms with E-state index in [9.17, 15) is 9.59 Å². The van der Waals surface area contributed by atoms with Crippen molar-refractivity contribution >= 4 is 5.78 Å². The monoisotopic (exact) mass is 191 g/mol. The first-order chi connectivity index (χ1) is 6.49. The minimum atomic E-state index is -0.153. The molecule has 3 nitrogen and oxygen atoms in total. The van der Waals surface area contributed by atoms with Gasteiger partial charge >= 0.3 is 0 Å². The number of pyridine rings is 1. The molecular formula is C11H13NO2. The average Bonchev–Trinajstić information content (AvgIpc) is 2.00. The average molecular weight is 191 g/mol. The number of hydrogen-bond acceptors (Lipinski definition) is 2. The van der Waals surface area contributed by atoms with Crippen molar-refractivity contribution < 1.29 is 4.79 Å². The summed E-state index contributed by atoms with van der Waals surface area (Å²) in [5, 5.41) is 0. The van der Waals surface area contributed by atoms with E-state index in [0.717, 1.165) is 12.1 Å². The highest BCUT2D eigenvalue weighted by molar-refractivity contribution is 5.98. The fourth-order valence-electron chi connectivity index (χ4n) is 2.03. The van der Waals surface area contributed by atoms with Crippen molar-refractivity contribution in [2.45, 2.75) is 26.7 Å². The number of nitrogens with one attached hydrogen (secondary N) is 1. The van der Waals surface area contributed by atoms with Crippen LogP contribution in [0.3, 0.4) is 0 Å². The van der Waals surface area contributed by atoms with Gasteiger partial charge in [-0.05, 0) is 11.8 Å². The molecule has 0 bridgehead atoms.